The summed E-state index contributed by atoms with van der Waals surface area (Å²) in [5.74, 6) is -0.246. The number of rotatable bonds is 6. The van der Waals surface area contributed by atoms with Crippen LogP contribution in [0.15, 0.2) is 18.2 Å². The highest BCUT2D eigenvalue weighted by molar-refractivity contribution is 5.97. The van der Waals surface area contributed by atoms with E-state index in [4.69, 9.17) is 5.11 Å². The first-order valence-corrected chi connectivity index (χ1v) is 7.92. The number of anilines is 1. The molecule has 0 unspecified atom stereocenters. The number of benzene rings is 1. The van der Waals surface area contributed by atoms with Gasteiger partial charge in [0.2, 0.25) is 5.91 Å². The predicted molar refractivity (Wildman–Crippen MR) is 92.5 cm³/mol. The van der Waals surface area contributed by atoms with Gasteiger partial charge in [-0.2, -0.15) is 0 Å². The lowest BCUT2D eigenvalue weighted by Crippen LogP contribution is -2.38. The summed E-state index contributed by atoms with van der Waals surface area (Å²) in [4.78, 5) is 25.8. The van der Waals surface area contributed by atoms with E-state index in [0.29, 0.717) is 30.8 Å². The maximum Gasteiger partial charge on any atom is 0.253 e. The third kappa shape index (κ3) is 6.40. The van der Waals surface area contributed by atoms with Crippen LogP contribution in [0.25, 0.3) is 0 Å². The molecule has 0 aromatic heterocycles. The SMILES string of the molecule is CC(=O)Nc1cc(C(=O)N(CCCO)CC(C)(C)C)ccc1C. The van der Waals surface area contributed by atoms with Crippen LogP contribution in [0.4, 0.5) is 5.69 Å². The van der Waals surface area contributed by atoms with E-state index >= 15 is 0 Å². The summed E-state index contributed by atoms with van der Waals surface area (Å²) in [6.45, 7) is 10.7. The van der Waals surface area contributed by atoms with E-state index in [1.165, 1.54) is 6.92 Å². The highest BCUT2D eigenvalue weighted by Crippen LogP contribution is 2.21. The van der Waals surface area contributed by atoms with E-state index in [0.717, 1.165) is 5.56 Å². The van der Waals surface area contributed by atoms with Crippen LogP contribution in [-0.4, -0.2) is 41.5 Å². The number of carbonyl (C=O) groups excluding carboxylic acids is 2. The number of aliphatic hydroxyl groups excluding tert-OH is 1. The molecule has 0 saturated heterocycles. The van der Waals surface area contributed by atoms with Crippen LogP contribution in [0.5, 0.6) is 0 Å². The number of aliphatic hydroxyl groups is 1. The minimum Gasteiger partial charge on any atom is -0.396 e. The Hall–Kier alpha value is -1.88. The first-order valence-electron chi connectivity index (χ1n) is 7.92. The molecule has 2 N–H and O–H groups in total. The molecule has 128 valence electrons. The fourth-order valence-corrected chi connectivity index (χ4v) is 2.35. The lowest BCUT2D eigenvalue weighted by atomic mass is 9.95. The standard InChI is InChI=1S/C18H28N2O3/c1-13-7-8-15(11-16(13)19-14(2)22)17(23)20(9-6-10-21)12-18(3,4)5/h7-8,11,21H,6,9-10,12H2,1-5H3,(H,19,22). The van der Waals surface area contributed by atoms with Crippen LogP contribution in [-0.2, 0) is 4.79 Å². The molecule has 0 aliphatic rings. The van der Waals surface area contributed by atoms with E-state index in [2.05, 4.69) is 26.1 Å². The summed E-state index contributed by atoms with van der Waals surface area (Å²) in [5.41, 5.74) is 2.08. The quantitative estimate of drug-likeness (QED) is 0.847. The van der Waals surface area contributed by atoms with Crippen molar-refractivity contribution in [1.29, 1.82) is 0 Å². The van der Waals surface area contributed by atoms with Crippen molar-refractivity contribution in [3.05, 3.63) is 29.3 Å². The van der Waals surface area contributed by atoms with Gasteiger partial charge in [-0.05, 0) is 36.5 Å². The maximum absolute atomic E-state index is 12.8. The Morgan fingerprint density at radius 1 is 1.26 bits per heavy atom. The summed E-state index contributed by atoms with van der Waals surface area (Å²) in [5, 5.41) is 11.8. The fraction of sp³-hybridized carbons (Fsp3) is 0.556. The predicted octanol–water partition coefficient (Wildman–Crippen LogP) is 2.82. The van der Waals surface area contributed by atoms with Crippen LogP contribution in [0, 0.1) is 12.3 Å². The Balaban J connectivity index is 3.04. The summed E-state index contributed by atoms with van der Waals surface area (Å²) < 4.78 is 0. The van der Waals surface area contributed by atoms with Crippen LogP contribution in [0.2, 0.25) is 0 Å². The van der Waals surface area contributed by atoms with Gasteiger partial charge in [-0.3, -0.25) is 9.59 Å². The topological polar surface area (TPSA) is 69.6 Å². The van der Waals surface area contributed by atoms with Crippen molar-refractivity contribution in [2.75, 3.05) is 25.0 Å². The molecule has 1 rings (SSSR count). The minimum absolute atomic E-state index is 0.0315. The molecule has 0 aliphatic carbocycles. The van der Waals surface area contributed by atoms with Crippen molar-refractivity contribution in [3.63, 3.8) is 0 Å². The Morgan fingerprint density at radius 2 is 1.91 bits per heavy atom. The van der Waals surface area contributed by atoms with Gasteiger partial charge in [0.05, 0.1) is 0 Å². The molecule has 5 heteroatoms. The number of nitrogens with zero attached hydrogens (tertiary/aromatic N) is 1. The van der Waals surface area contributed by atoms with Crippen molar-refractivity contribution in [3.8, 4) is 0 Å². The molecule has 0 aliphatic heterocycles. The van der Waals surface area contributed by atoms with Crippen molar-refractivity contribution in [1.82, 2.24) is 4.90 Å². The minimum atomic E-state index is -0.162. The van der Waals surface area contributed by atoms with E-state index in [1.54, 1.807) is 17.0 Å². The first kappa shape index (κ1) is 19.2. The Bertz CT molecular complexity index is 562. The molecule has 0 spiro atoms. The summed E-state index contributed by atoms with van der Waals surface area (Å²) in [7, 11) is 0. The number of aryl methyl sites for hydroxylation is 1. The average Bonchev–Trinajstić information content (AvgIpc) is 2.43. The highest BCUT2D eigenvalue weighted by atomic mass is 16.3. The van der Waals surface area contributed by atoms with Gasteiger partial charge in [-0.15, -0.1) is 0 Å². The zero-order valence-electron chi connectivity index (χ0n) is 14.8. The van der Waals surface area contributed by atoms with Gasteiger partial charge < -0.3 is 15.3 Å². The number of hydrogen-bond donors (Lipinski definition) is 2. The second-order valence-corrected chi connectivity index (χ2v) is 7.08. The third-order valence-electron chi connectivity index (χ3n) is 3.33. The molecular weight excluding hydrogens is 292 g/mol. The summed E-state index contributed by atoms with van der Waals surface area (Å²) >= 11 is 0. The molecule has 23 heavy (non-hydrogen) atoms. The van der Waals surface area contributed by atoms with E-state index in [9.17, 15) is 9.59 Å². The largest absolute Gasteiger partial charge is 0.396 e. The van der Waals surface area contributed by atoms with Gasteiger partial charge in [0.25, 0.3) is 5.91 Å². The second kappa shape index (κ2) is 8.11. The van der Waals surface area contributed by atoms with Gasteiger partial charge >= 0.3 is 0 Å². The lowest BCUT2D eigenvalue weighted by molar-refractivity contribution is -0.114. The van der Waals surface area contributed by atoms with Crippen LogP contribution in [0.1, 0.15) is 50.0 Å². The number of nitrogens with one attached hydrogen (secondary N) is 1. The Morgan fingerprint density at radius 3 is 2.43 bits per heavy atom. The lowest BCUT2D eigenvalue weighted by Gasteiger charge is -2.30. The molecule has 0 radical (unpaired) electrons. The van der Waals surface area contributed by atoms with E-state index in [-0.39, 0.29) is 23.8 Å². The van der Waals surface area contributed by atoms with Crippen LogP contribution in [0.3, 0.4) is 0 Å². The molecule has 0 heterocycles. The molecule has 0 atom stereocenters. The molecule has 0 fully saturated rings. The van der Waals surface area contributed by atoms with Crippen LogP contribution < -0.4 is 5.32 Å². The zero-order valence-corrected chi connectivity index (χ0v) is 14.8. The van der Waals surface area contributed by atoms with E-state index < -0.39 is 0 Å². The number of carbonyl (C=O) groups is 2. The molecule has 0 bridgehead atoms. The molecule has 5 nitrogen and oxygen atoms in total. The van der Waals surface area contributed by atoms with Crippen LogP contribution >= 0.6 is 0 Å². The smallest absolute Gasteiger partial charge is 0.253 e. The summed E-state index contributed by atoms with van der Waals surface area (Å²) in [6.07, 6.45) is 0.548. The van der Waals surface area contributed by atoms with Crippen molar-refractivity contribution < 1.29 is 14.7 Å². The van der Waals surface area contributed by atoms with Crippen molar-refractivity contribution >= 4 is 17.5 Å². The number of hydrogen-bond acceptors (Lipinski definition) is 3. The van der Waals surface area contributed by atoms with Gasteiger partial charge in [0.15, 0.2) is 0 Å². The fourth-order valence-electron chi connectivity index (χ4n) is 2.35. The molecular formula is C18H28N2O3. The normalized spacial score (nSPS) is 11.2. The zero-order chi connectivity index (χ0) is 17.6. The monoisotopic (exact) mass is 320 g/mol. The molecule has 0 saturated carbocycles. The molecule has 2 amide bonds. The average molecular weight is 320 g/mol. The Labute approximate surface area is 138 Å². The second-order valence-electron chi connectivity index (χ2n) is 7.08. The summed E-state index contributed by atoms with van der Waals surface area (Å²) in [6, 6.07) is 5.32. The third-order valence-corrected chi connectivity index (χ3v) is 3.33. The first-order chi connectivity index (χ1) is 10.6. The van der Waals surface area contributed by atoms with Gasteiger partial charge in [-0.1, -0.05) is 26.8 Å². The van der Waals surface area contributed by atoms with Gasteiger partial charge in [0.1, 0.15) is 0 Å². The maximum atomic E-state index is 12.8. The van der Waals surface area contributed by atoms with Gasteiger partial charge in [0, 0.05) is 37.9 Å². The molecule has 1 aromatic carbocycles. The Kier molecular flexibility index (Phi) is 6.76. The number of amides is 2. The van der Waals surface area contributed by atoms with Gasteiger partial charge in [-0.25, -0.2) is 0 Å². The molecule has 1 aromatic rings. The highest BCUT2D eigenvalue weighted by Gasteiger charge is 2.22. The van der Waals surface area contributed by atoms with Crippen molar-refractivity contribution in [2.45, 2.75) is 41.0 Å². The van der Waals surface area contributed by atoms with Crippen molar-refractivity contribution in [2.24, 2.45) is 5.41 Å². The van der Waals surface area contributed by atoms with E-state index in [1.807, 2.05) is 13.0 Å².